The first-order chi connectivity index (χ1) is 9.52. The third-order valence-corrected chi connectivity index (χ3v) is 2.97. The first-order valence-electron chi connectivity index (χ1n) is 6.13. The standard InChI is InChI=1S/C15H12F3NO/c1-2-9-3-4-10(19-8-9)7-13(20)11-5-6-12(16)15(18)14(11)17/h3-6,8H,2,7H2,1H3. The monoisotopic (exact) mass is 279 g/mol. The summed E-state index contributed by atoms with van der Waals surface area (Å²) in [7, 11) is 0. The van der Waals surface area contributed by atoms with Crippen LogP contribution in [0.2, 0.25) is 0 Å². The highest BCUT2D eigenvalue weighted by atomic mass is 19.2. The van der Waals surface area contributed by atoms with Gasteiger partial charge in [0.2, 0.25) is 0 Å². The summed E-state index contributed by atoms with van der Waals surface area (Å²) in [6, 6.07) is 5.15. The molecular weight excluding hydrogens is 267 g/mol. The van der Waals surface area contributed by atoms with Crippen molar-refractivity contribution in [2.45, 2.75) is 19.8 Å². The zero-order valence-electron chi connectivity index (χ0n) is 10.8. The van der Waals surface area contributed by atoms with E-state index >= 15 is 0 Å². The number of benzene rings is 1. The average Bonchev–Trinajstić information content (AvgIpc) is 2.45. The molecular formula is C15H12F3NO. The molecule has 0 N–H and O–H groups in total. The number of hydrogen-bond acceptors (Lipinski definition) is 2. The van der Waals surface area contributed by atoms with Gasteiger partial charge >= 0.3 is 0 Å². The normalized spacial score (nSPS) is 10.6. The molecule has 0 spiro atoms. The summed E-state index contributed by atoms with van der Waals surface area (Å²) >= 11 is 0. The molecule has 2 aromatic rings. The molecule has 0 bridgehead atoms. The molecule has 0 aliphatic carbocycles. The first kappa shape index (κ1) is 14.2. The smallest absolute Gasteiger partial charge is 0.195 e. The van der Waals surface area contributed by atoms with E-state index in [4.69, 9.17) is 0 Å². The molecule has 0 radical (unpaired) electrons. The van der Waals surface area contributed by atoms with E-state index < -0.39 is 28.8 Å². The molecule has 2 rings (SSSR count). The number of hydrogen-bond donors (Lipinski definition) is 0. The second-order valence-electron chi connectivity index (χ2n) is 4.33. The highest BCUT2D eigenvalue weighted by Gasteiger charge is 2.19. The van der Waals surface area contributed by atoms with Crippen molar-refractivity contribution in [1.29, 1.82) is 0 Å². The fraction of sp³-hybridized carbons (Fsp3) is 0.200. The highest BCUT2D eigenvalue weighted by molar-refractivity contribution is 5.97. The van der Waals surface area contributed by atoms with Crippen LogP contribution in [0.15, 0.2) is 30.5 Å². The van der Waals surface area contributed by atoms with Crippen LogP contribution >= 0.6 is 0 Å². The van der Waals surface area contributed by atoms with Crippen LogP contribution in [0.4, 0.5) is 13.2 Å². The van der Waals surface area contributed by atoms with Crippen molar-refractivity contribution in [3.05, 3.63) is 64.7 Å². The maximum atomic E-state index is 13.5. The summed E-state index contributed by atoms with van der Waals surface area (Å²) in [5, 5.41) is 0. The minimum Gasteiger partial charge on any atom is -0.294 e. The van der Waals surface area contributed by atoms with Crippen molar-refractivity contribution in [3.63, 3.8) is 0 Å². The Kier molecular flexibility index (Phi) is 4.17. The van der Waals surface area contributed by atoms with E-state index in [1.807, 2.05) is 13.0 Å². The molecule has 1 aromatic carbocycles. The lowest BCUT2D eigenvalue weighted by atomic mass is 10.0. The molecule has 0 saturated carbocycles. The van der Waals surface area contributed by atoms with Gasteiger partial charge in [-0.15, -0.1) is 0 Å². The van der Waals surface area contributed by atoms with Crippen molar-refractivity contribution >= 4 is 5.78 Å². The lowest BCUT2D eigenvalue weighted by molar-refractivity contribution is 0.0987. The topological polar surface area (TPSA) is 30.0 Å². The Morgan fingerprint density at radius 2 is 1.85 bits per heavy atom. The number of rotatable bonds is 4. The maximum absolute atomic E-state index is 13.5. The third-order valence-electron chi connectivity index (χ3n) is 2.97. The zero-order chi connectivity index (χ0) is 14.7. The van der Waals surface area contributed by atoms with Crippen LogP contribution in [0.5, 0.6) is 0 Å². The second-order valence-corrected chi connectivity index (χ2v) is 4.33. The number of nitrogens with zero attached hydrogens (tertiary/aromatic N) is 1. The first-order valence-corrected chi connectivity index (χ1v) is 6.13. The molecule has 0 amide bonds. The SMILES string of the molecule is CCc1ccc(CC(=O)c2ccc(F)c(F)c2F)nc1. The molecule has 0 aliphatic rings. The molecule has 1 heterocycles. The summed E-state index contributed by atoms with van der Waals surface area (Å²) in [5.41, 5.74) is 1.00. The van der Waals surface area contributed by atoms with Gasteiger partial charge in [-0.3, -0.25) is 9.78 Å². The molecule has 20 heavy (non-hydrogen) atoms. The highest BCUT2D eigenvalue weighted by Crippen LogP contribution is 2.17. The van der Waals surface area contributed by atoms with Crippen molar-refractivity contribution in [3.8, 4) is 0 Å². The fourth-order valence-corrected chi connectivity index (χ4v) is 1.77. The quantitative estimate of drug-likeness (QED) is 0.633. The fourth-order valence-electron chi connectivity index (χ4n) is 1.77. The zero-order valence-corrected chi connectivity index (χ0v) is 10.8. The van der Waals surface area contributed by atoms with E-state index in [0.29, 0.717) is 5.69 Å². The van der Waals surface area contributed by atoms with Crippen LogP contribution in [0.1, 0.15) is 28.5 Å². The second kappa shape index (κ2) is 5.86. The Labute approximate surface area is 114 Å². The maximum Gasteiger partial charge on any atom is 0.195 e. The summed E-state index contributed by atoms with van der Waals surface area (Å²) in [4.78, 5) is 16.0. The van der Waals surface area contributed by atoms with Crippen molar-refractivity contribution < 1.29 is 18.0 Å². The Bertz CT molecular complexity index is 638. The van der Waals surface area contributed by atoms with Crippen LogP contribution in [-0.2, 0) is 12.8 Å². The van der Waals surface area contributed by atoms with E-state index in [1.165, 1.54) is 0 Å². The average molecular weight is 279 g/mol. The molecule has 0 atom stereocenters. The van der Waals surface area contributed by atoms with Crippen LogP contribution in [0.3, 0.4) is 0 Å². The van der Waals surface area contributed by atoms with Gasteiger partial charge in [0.25, 0.3) is 0 Å². The van der Waals surface area contributed by atoms with Gasteiger partial charge in [-0.1, -0.05) is 13.0 Å². The van der Waals surface area contributed by atoms with E-state index in [9.17, 15) is 18.0 Å². The molecule has 1 aromatic heterocycles. The molecule has 5 heteroatoms. The number of aryl methyl sites for hydroxylation is 1. The number of ketones is 1. The lowest BCUT2D eigenvalue weighted by Gasteiger charge is -2.04. The Morgan fingerprint density at radius 3 is 2.45 bits per heavy atom. The van der Waals surface area contributed by atoms with Crippen molar-refractivity contribution in [2.75, 3.05) is 0 Å². The van der Waals surface area contributed by atoms with Gasteiger partial charge in [-0.2, -0.15) is 0 Å². The van der Waals surface area contributed by atoms with E-state index in [0.717, 1.165) is 24.1 Å². The summed E-state index contributed by atoms with van der Waals surface area (Å²) in [6.07, 6.45) is 2.29. The number of carbonyl (C=O) groups excluding carboxylic acids is 1. The summed E-state index contributed by atoms with van der Waals surface area (Å²) in [5.74, 6) is -5.05. The number of pyridine rings is 1. The van der Waals surface area contributed by atoms with Gasteiger partial charge in [-0.25, -0.2) is 13.2 Å². The number of Topliss-reactive ketones (excluding diaryl/α,β-unsaturated/α-hetero) is 1. The number of halogens is 3. The van der Waals surface area contributed by atoms with Crippen LogP contribution < -0.4 is 0 Å². The van der Waals surface area contributed by atoms with Gasteiger partial charge in [-0.05, 0) is 30.2 Å². The molecule has 104 valence electrons. The Morgan fingerprint density at radius 1 is 1.10 bits per heavy atom. The predicted octanol–water partition coefficient (Wildman–Crippen LogP) is 3.49. The Balaban J connectivity index is 2.21. The van der Waals surface area contributed by atoms with Crippen LogP contribution in [0, 0.1) is 17.5 Å². The van der Waals surface area contributed by atoms with Crippen molar-refractivity contribution in [1.82, 2.24) is 4.98 Å². The van der Waals surface area contributed by atoms with Crippen molar-refractivity contribution in [2.24, 2.45) is 0 Å². The minimum absolute atomic E-state index is 0.161. The third kappa shape index (κ3) is 2.87. The summed E-state index contributed by atoms with van der Waals surface area (Å²) in [6.45, 7) is 1.97. The Hall–Kier alpha value is -2.17. The van der Waals surface area contributed by atoms with E-state index in [1.54, 1.807) is 12.3 Å². The predicted molar refractivity (Wildman–Crippen MR) is 68.0 cm³/mol. The van der Waals surface area contributed by atoms with Crippen LogP contribution in [0.25, 0.3) is 0 Å². The molecule has 0 aliphatic heterocycles. The van der Waals surface area contributed by atoms with Gasteiger partial charge in [0.15, 0.2) is 23.2 Å². The molecule has 0 saturated heterocycles. The van der Waals surface area contributed by atoms with E-state index in [-0.39, 0.29) is 6.42 Å². The largest absolute Gasteiger partial charge is 0.294 e. The molecule has 0 fully saturated rings. The van der Waals surface area contributed by atoms with Gasteiger partial charge in [0.05, 0.1) is 12.0 Å². The molecule has 0 unspecified atom stereocenters. The molecule has 2 nitrogen and oxygen atoms in total. The number of aromatic nitrogens is 1. The minimum atomic E-state index is -1.63. The van der Waals surface area contributed by atoms with Gasteiger partial charge in [0.1, 0.15) is 0 Å². The van der Waals surface area contributed by atoms with E-state index in [2.05, 4.69) is 4.98 Å². The summed E-state index contributed by atoms with van der Waals surface area (Å²) < 4.78 is 39.3. The lowest BCUT2D eigenvalue weighted by Crippen LogP contribution is -2.09. The van der Waals surface area contributed by atoms with Crippen LogP contribution in [-0.4, -0.2) is 10.8 Å². The van der Waals surface area contributed by atoms with Gasteiger partial charge in [0, 0.05) is 11.9 Å². The number of carbonyl (C=O) groups is 1. The van der Waals surface area contributed by atoms with Gasteiger partial charge < -0.3 is 0 Å².